The molecule has 7 rings (SSSR count). The molecule has 0 bridgehead atoms. The lowest BCUT2D eigenvalue weighted by Crippen LogP contribution is -2.57. The third-order valence-corrected chi connectivity index (χ3v) is 14.9. The third kappa shape index (κ3) is 13.8. The third-order valence-electron chi connectivity index (χ3n) is 13.7. The molecule has 17 nitrogen and oxygen atoms in total. The van der Waals surface area contributed by atoms with Gasteiger partial charge in [0.2, 0.25) is 41.4 Å². The van der Waals surface area contributed by atoms with Crippen LogP contribution in [0.1, 0.15) is 113 Å². The van der Waals surface area contributed by atoms with E-state index in [4.69, 9.17) is 23.1 Å². The number of aromatic nitrogens is 1. The highest BCUT2D eigenvalue weighted by molar-refractivity contribution is 7.13. The van der Waals surface area contributed by atoms with Crippen molar-refractivity contribution in [2.45, 2.75) is 148 Å². The van der Waals surface area contributed by atoms with Gasteiger partial charge in [-0.05, 0) is 104 Å². The Morgan fingerprint density at radius 2 is 1.64 bits per heavy atom. The number of thiazole rings is 1. The second-order valence-electron chi connectivity index (χ2n) is 20.3. The second-order valence-corrected chi connectivity index (χ2v) is 21.6. The van der Waals surface area contributed by atoms with E-state index in [-0.39, 0.29) is 74.8 Å². The fourth-order valence-corrected chi connectivity index (χ4v) is 10.9. The lowest BCUT2D eigenvalue weighted by Gasteiger charge is -2.35. The lowest BCUT2D eigenvalue weighted by molar-refractivity contribution is -0.144. The number of para-hydroxylation sites is 1. The number of nitrogens with one attached hydrogen (secondary N) is 4. The molecular weight excluding hydrogens is 994 g/mol. The first-order chi connectivity index (χ1) is 34.2. The van der Waals surface area contributed by atoms with Crippen molar-refractivity contribution < 1.29 is 38.7 Å². The Morgan fingerprint density at radius 3 is 2.33 bits per heavy atom. The van der Waals surface area contributed by atoms with Crippen LogP contribution in [-0.2, 0) is 52.8 Å². The Balaban J connectivity index is 0.00000869. The fourth-order valence-electron chi connectivity index (χ4n) is 9.82. The molecule has 3 aliphatic rings. The molecule has 0 aliphatic carbocycles. The molecule has 7 atom stereocenters. The Hall–Kier alpha value is -5.92. The number of amides is 7. The molecule has 0 radical (unpaired) electrons. The number of anilines is 2. The summed E-state index contributed by atoms with van der Waals surface area (Å²) in [6, 6.07) is 13.5. The zero-order valence-corrected chi connectivity index (χ0v) is 44.3. The van der Waals surface area contributed by atoms with E-state index in [1.54, 1.807) is 35.0 Å². The average molecular weight is 1060 g/mol. The predicted octanol–water partition coefficient (Wildman–Crippen LogP) is 5.59. The van der Waals surface area contributed by atoms with E-state index in [1.165, 1.54) is 9.80 Å². The van der Waals surface area contributed by atoms with Crippen LogP contribution in [0.4, 0.5) is 11.4 Å². The second kappa shape index (κ2) is 24.4. The Labute approximate surface area is 441 Å². The smallest absolute Gasteiger partial charge is 0.246 e. The van der Waals surface area contributed by atoms with E-state index in [2.05, 4.69) is 26.3 Å². The molecule has 4 aromatic rings. The normalized spacial score (nSPS) is 19.4. The Morgan fingerprint density at radius 1 is 0.932 bits per heavy atom. The summed E-state index contributed by atoms with van der Waals surface area (Å²) in [7, 11) is 0. The van der Waals surface area contributed by atoms with Crippen molar-refractivity contribution in [2.24, 2.45) is 16.9 Å². The standard InChI is InChI=1S/C53H66ClN9O8S.ClH/c1-29(32-14-16-34(17-15-32)46-30(2)57-28-72-46)58-49(68)41-26-38(64)27-62(41)52(71)47(53(3,4)5)61-44(66)13-8-6-7-10-31-22-36(54)25-37(23-31)59-48(67)40(20-21-43(56)65)60-50(69)42-24-35-12-9-11-33-18-19-39(55)51(70)63(42)45(33)35;/h9,11-12,14-17,22-23,25,28-29,38-42,47,64H,6-8,10,13,18-21,24,26-27,55H2,1-5H3,(H2,56,65)(H,58,68)(H,59,67)(H,60,69)(H,61,66);1H/t29-,38+,39-,40-,41-,42-,47+;/m0./s1. The van der Waals surface area contributed by atoms with Gasteiger partial charge in [0.15, 0.2) is 0 Å². The number of nitrogens with two attached hydrogens (primary N) is 2. The van der Waals surface area contributed by atoms with Gasteiger partial charge in [-0.1, -0.05) is 81.3 Å². The minimum atomic E-state index is -1.17. The summed E-state index contributed by atoms with van der Waals surface area (Å²) in [5.74, 6) is -3.31. The van der Waals surface area contributed by atoms with Crippen LogP contribution in [0.15, 0.2) is 66.2 Å². The van der Waals surface area contributed by atoms with Crippen LogP contribution in [0.3, 0.4) is 0 Å². The quantitative estimate of drug-likeness (QED) is 0.0573. The first-order valence-electron chi connectivity index (χ1n) is 24.7. The minimum absolute atomic E-state index is 0. The van der Waals surface area contributed by atoms with Crippen LogP contribution in [0.25, 0.3) is 10.4 Å². The molecule has 0 spiro atoms. The topological polar surface area (TPSA) is 259 Å². The number of rotatable bonds is 19. The van der Waals surface area contributed by atoms with Crippen molar-refractivity contribution in [1.29, 1.82) is 0 Å². The summed E-state index contributed by atoms with van der Waals surface area (Å²) in [5.41, 5.74) is 19.3. The number of hydrogen-bond acceptors (Lipinski definition) is 11. The average Bonchev–Trinajstić information content (AvgIpc) is 4.04. The van der Waals surface area contributed by atoms with E-state index >= 15 is 0 Å². The van der Waals surface area contributed by atoms with Gasteiger partial charge in [0.25, 0.3) is 0 Å². The van der Waals surface area contributed by atoms with Gasteiger partial charge in [0, 0.05) is 42.9 Å². The number of halogens is 2. The number of benzene rings is 3. The fraction of sp³-hybridized carbons (Fsp3) is 0.472. The zero-order chi connectivity index (χ0) is 52.0. The van der Waals surface area contributed by atoms with Gasteiger partial charge in [-0.25, -0.2) is 4.98 Å². The first-order valence-corrected chi connectivity index (χ1v) is 25.9. The molecule has 9 N–H and O–H groups in total. The Kier molecular flexibility index (Phi) is 18.9. The summed E-state index contributed by atoms with van der Waals surface area (Å²) in [4.78, 5) is 103. The predicted molar refractivity (Wildman–Crippen MR) is 284 cm³/mol. The number of likely N-dealkylation sites (tertiary alicyclic amines) is 1. The van der Waals surface area contributed by atoms with Crippen molar-refractivity contribution in [3.8, 4) is 10.4 Å². The van der Waals surface area contributed by atoms with Gasteiger partial charge in [0.1, 0.15) is 24.2 Å². The number of hydrogen-bond donors (Lipinski definition) is 7. The summed E-state index contributed by atoms with van der Waals surface area (Å²) >= 11 is 8.07. The number of primary amides is 1. The maximum atomic E-state index is 14.2. The number of β-amino-alcohol motifs (C(OH)–C–C–N with tert-alkyl or cyclic N) is 1. The number of carbonyl (C=O) groups excluding carboxylic acids is 7. The van der Waals surface area contributed by atoms with Crippen LogP contribution in [0, 0.1) is 12.3 Å². The molecule has 1 fully saturated rings. The van der Waals surface area contributed by atoms with Gasteiger partial charge in [-0.3, -0.25) is 38.5 Å². The van der Waals surface area contributed by atoms with Crippen molar-refractivity contribution in [1.82, 2.24) is 25.8 Å². The highest BCUT2D eigenvalue weighted by Crippen LogP contribution is 2.39. The van der Waals surface area contributed by atoms with E-state index < -0.39 is 65.4 Å². The number of unbranched alkanes of at least 4 members (excludes halogenated alkanes) is 2. The van der Waals surface area contributed by atoms with E-state index in [0.29, 0.717) is 54.9 Å². The highest BCUT2D eigenvalue weighted by Gasteiger charge is 2.46. The van der Waals surface area contributed by atoms with Crippen LogP contribution < -0.4 is 37.6 Å². The molecule has 3 aliphatic heterocycles. The molecule has 1 aromatic heterocycles. The molecule has 392 valence electrons. The lowest BCUT2D eigenvalue weighted by atomic mass is 9.85. The molecule has 0 unspecified atom stereocenters. The van der Waals surface area contributed by atoms with Crippen LogP contribution in [0.2, 0.25) is 5.02 Å². The Bertz CT molecular complexity index is 2690. The van der Waals surface area contributed by atoms with Crippen LogP contribution in [-0.4, -0.2) is 99.2 Å². The molecule has 20 heteroatoms. The maximum Gasteiger partial charge on any atom is 0.246 e. The van der Waals surface area contributed by atoms with Crippen molar-refractivity contribution in [3.63, 3.8) is 0 Å². The highest BCUT2D eigenvalue weighted by atomic mass is 35.5. The number of nitrogens with zero attached hydrogens (tertiary/aromatic N) is 3. The van der Waals surface area contributed by atoms with Crippen LogP contribution in [0.5, 0.6) is 0 Å². The maximum absolute atomic E-state index is 14.2. The van der Waals surface area contributed by atoms with Crippen molar-refractivity contribution in [3.05, 3.63) is 99.1 Å². The SMILES string of the molecule is Cc1ncsc1-c1ccc([C@H](C)NC(=O)[C@@H]2C[C@@H](O)CN2C(=O)[C@@H](NC(=O)CCCCCc2cc(Cl)cc(NC(=O)[C@H](CCC(N)=O)NC(=O)[C@@H]3Cc4cccc5c4N3C(=O)[C@@H](N)CC5)c2)C(C)(C)C)cc1.Cl. The molecule has 4 heterocycles. The van der Waals surface area contributed by atoms with Gasteiger partial charge in [-0.2, -0.15) is 0 Å². The zero-order valence-electron chi connectivity index (χ0n) is 41.9. The largest absolute Gasteiger partial charge is 0.391 e. The van der Waals surface area contributed by atoms with Crippen molar-refractivity contribution >= 4 is 88.1 Å². The summed E-state index contributed by atoms with van der Waals surface area (Å²) in [6.45, 7) is 9.32. The van der Waals surface area contributed by atoms with Gasteiger partial charge in [0.05, 0.1) is 40.0 Å². The number of aryl methyl sites for hydroxylation is 3. The first kappa shape index (κ1) is 56.4. The molecule has 1 saturated heterocycles. The van der Waals surface area contributed by atoms with Crippen molar-refractivity contribution in [2.75, 3.05) is 16.8 Å². The number of aliphatic hydroxyl groups excluding tert-OH is 1. The molecule has 7 amide bonds. The van der Waals surface area contributed by atoms with E-state index in [9.17, 15) is 38.7 Å². The molecule has 0 saturated carbocycles. The van der Waals surface area contributed by atoms with E-state index in [1.807, 2.05) is 77.1 Å². The minimum Gasteiger partial charge on any atom is -0.391 e. The summed E-state index contributed by atoms with van der Waals surface area (Å²) in [6.07, 6.45) is 2.73. The van der Waals surface area contributed by atoms with Crippen LogP contribution >= 0.6 is 35.3 Å². The summed E-state index contributed by atoms with van der Waals surface area (Å²) in [5, 5.41) is 22.6. The van der Waals surface area contributed by atoms with Gasteiger partial charge in [-0.15, -0.1) is 23.7 Å². The molecular formula is C53H67Cl2N9O8S. The number of carbonyl (C=O) groups is 7. The van der Waals surface area contributed by atoms with E-state index in [0.717, 1.165) is 38.4 Å². The molecule has 3 aromatic carbocycles. The monoisotopic (exact) mass is 1060 g/mol. The number of aliphatic hydroxyl groups is 1. The summed E-state index contributed by atoms with van der Waals surface area (Å²) < 4.78 is 0. The molecule has 73 heavy (non-hydrogen) atoms. The van der Waals surface area contributed by atoms with Gasteiger partial charge >= 0.3 is 0 Å². The van der Waals surface area contributed by atoms with Gasteiger partial charge < -0.3 is 42.7 Å².